The van der Waals surface area contributed by atoms with Crippen LogP contribution in [-0.2, 0) is 17.6 Å². The van der Waals surface area contributed by atoms with Gasteiger partial charge in [-0.3, -0.25) is 4.79 Å². The molecule has 0 saturated heterocycles. The average molecular weight is 348 g/mol. The molecule has 1 aromatic heterocycles. The first-order chi connectivity index (χ1) is 12.8. The number of aryl methyl sites for hydroxylation is 2. The number of oxazole rings is 1. The highest BCUT2D eigenvalue weighted by Crippen LogP contribution is 2.20. The molecule has 3 rings (SSSR count). The zero-order valence-electron chi connectivity index (χ0n) is 14.9. The van der Waals surface area contributed by atoms with E-state index >= 15 is 0 Å². The summed E-state index contributed by atoms with van der Waals surface area (Å²) in [6.07, 6.45) is 5.74. The van der Waals surface area contributed by atoms with Gasteiger partial charge >= 0.3 is 0 Å². The Labute approximate surface area is 154 Å². The summed E-state index contributed by atoms with van der Waals surface area (Å²) in [5.41, 5.74) is 2.34. The molecule has 0 radical (unpaired) electrons. The van der Waals surface area contributed by atoms with Crippen LogP contribution < -0.4 is 5.32 Å². The molecule has 2 aromatic carbocycles. The lowest BCUT2D eigenvalue weighted by Crippen LogP contribution is -2.24. The summed E-state index contributed by atoms with van der Waals surface area (Å²) < 4.78 is 5.72. The van der Waals surface area contributed by atoms with Crippen molar-refractivity contribution in [2.24, 2.45) is 0 Å². The molecule has 0 atom stereocenters. The van der Waals surface area contributed by atoms with Gasteiger partial charge in [0, 0.05) is 24.9 Å². The van der Waals surface area contributed by atoms with E-state index in [9.17, 15) is 4.79 Å². The van der Waals surface area contributed by atoms with Crippen LogP contribution in [0.3, 0.4) is 0 Å². The Morgan fingerprint density at radius 2 is 1.65 bits per heavy atom. The lowest BCUT2D eigenvalue weighted by atomic mass is 10.1. The largest absolute Gasteiger partial charge is 0.441 e. The van der Waals surface area contributed by atoms with Crippen molar-refractivity contribution in [1.82, 2.24) is 10.3 Å². The van der Waals surface area contributed by atoms with Crippen molar-refractivity contribution in [2.75, 3.05) is 6.54 Å². The van der Waals surface area contributed by atoms with E-state index in [0.717, 1.165) is 30.6 Å². The monoisotopic (exact) mass is 348 g/mol. The third kappa shape index (κ3) is 5.59. The number of hydrogen-bond acceptors (Lipinski definition) is 3. The minimum Gasteiger partial charge on any atom is -0.441 e. The van der Waals surface area contributed by atoms with Gasteiger partial charge in [0.15, 0.2) is 11.7 Å². The molecule has 3 aromatic rings. The van der Waals surface area contributed by atoms with Crippen molar-refractivity contribution in [3.8, 4) is 11.3 Å². The summed E-state index contributed by atoms with van der Waals surface area (Å²) in [5.74, 6) is 1.38. The number of hydrogen-bond donors (Lipinski definition) is 1. The minimum atomic E-state index is 0.0455. The predicted molar refractivity (Wildman–Crippen MR) is 103 cm³/mol. The van der Waals surface area contributed by atoms with Gasteiger partial charge < -0.3 is 9.73 Å². The zero-order valence-corrected chi connectivity index (χ0v) is 14.9. The first-order valence-corrected chi connectivity index (χ1v) is 9.12. The molecule has 0 aliphatic rings. The molecule has 1 N–H and O–H groups in total. The van der Waals surface area contributed by atoms with Crippen LogP contribution in [0.1, 0.15) is 30.7 Å². The molecule has 0 saturated carbocycles. The molecule has 0 bridgehead atoms. The minimum absolute atomic E-state index is 0.0455. The second-order valence-electron chi connectivity index (χ2n) is 6.28. The van der Waals surface area contributed by atoms with Crippen molar-refractivity contribution in [3.05, 3.63) is 78.3 Å². The number of aromatic nitrogens is 1. The first kappa shape index (κ1) is 17.9. The van der Waals surface area contributed by atoms with Crippen LogP contribution in [0.15, 0.2) is 71.3 Å². The maximum absolute atomic E-state index is 11.9. The van der Waals surface area contributed by atoms with E-state index in [2.05, 4.69) is 34.6 Å². The Morgan fingerprint density at radius 1 is 0.923 bits per heavy atom. The van der Waals surface area contributed by atoms with Crippen LogP contribution in [0.25, 0.3) is 11.3 Å². The average Bonchev–Trinajstić information content (AvgIpc) is 3.17. The third-order valence-electron chi connectivity index (χ3n) is 4.24. The molecule has 4 nitrogen and oxygen atoms in total. The van der Waals surface area contributed by atoms with E-state index < -0.39 is 0 Å². The Morgan fingerprint density at radius 3 is 2.42 bits per heavy atom. The molecule has 1 heterocycles. The summed E-state index contributed by atoms with van der Waals surface area (Å²) in [6, 6.07) is 20.3. The van der Waals surface area contributed by atoms with Crippen molar-refractivity contribution in [2.45, 2.75) is 32.1 Å². The standard InChI is InChI=1S/C22H24N2O2/c25-21(23-16-8-7-11-18-9-3-1-4-10-18)14-15-22-24-17-20(26-22)19-12-5-2-6-13-19/h1-6,9-10,12-13,17H,7-8,11,14-16H2,(H,23,25). The quantitative estimate of drug-likeness (QED) is 0.583. The molecular weight excluding hydrogens is 324 g/mol. The van der Waals surface area contributed by atoms with E-state index in [0.29, 0.717) is 25.3 Å². The first-order valence-electron chi connectivity index (χ1n) is 9.12. The highest BCUT2D eigenvalue weighted by atomic mass is 16.4. The van der Waals surface area contributed by atoms with Crippen LogP contribution in [0.4, 0.5) is 0 Å². The van der Waals surface area contributed by atoms with Crippen molar-refractivity contribution in [1.29, 1.82) is 0 Å². The highest BCUT2D eigenvalue weighted by Gasteiger charge is 2.08. The Hall–Kier alpha value is -2.88. The number of nitrogens with one attached hydrogen (secondary N) is 1. The van der Waals surface area contributed by atoms with Crippen molar-refractivity contribution in [3.63, 3.8) is 0 Å². The molecule has 0 aliphatic carbocycles. The summed E-state index contributed by atoms with van der Waals surface area (Å²) in [5, 5.41) is 2.97. The molecule has 4 heteroatoms. The van der Waals surface area contributed by atoms with E-state index in [4.69, 9.17) is 4.42 Å². The molecule has 26 heavy (non-hydrogen) atoms. The fraction of sp³-hybridized carbons (Fsp3) is 0.273. The van der Waals surface area contributed by atoms with Gasteiger partial charge in [-0.25, -0.2) is 4.98 Å². The summed E-state index contributed by atoms with van der Waals surface area (Å²) in [4.78, 5) is 16.2. The van der Waals surface area contributed by atoms with Crippen molar-refractivity contribution >= 4 is 5.91 Å². The van der Waals surface area contributed by atoms with Gasteiger partial charge in [-0.2, -0.15) is 0 Å². The van der Waals surface area contributed by atoms with Crippen molar-refractivity contribution < 1.29 is 9.21 Å². The van der Waals surface area contributed by atoms with Crippen LogP contribution in [-0.4, -0.2) is 17.4 Å². The van der Waals surface area contributed by atoms with Gasteiger partial charge in [0.05, 0.1) is 6.20 Å². The van der Waals surface area contributed by atoms with Gasteiger partial charge in [0.25, 0.3) is 0 Å². The fourth-order valence-electron chi connectivity index (χ4n) is 2.80. The van der Waals surface area contributed by atoms with E-state index in [-0.39, 0.29) is 5.91 Å². The number of nitrogens with zero attached hydrogens (tertiary/aromatic N) is 1. The predicted octanol–water partition coefficient (Wildman–Crippen LogP) is 4.41. The number of unbranched alkanes of at least 4 members (excludes halogenated alkanes) is 1. The number of carbonyl (C=O) groups excluding carboxylic acids is 1. The van der Waals surface area contributed by atoms with Gasteiger partial charge in [-0.05, 0) is 24.8 Å². The second kappa shape index (κ2) is 9.56. The van der Waals surface area contributed by atoms with Gasteiger partial charge in [0.2, 0.25) is 5.91 Å². The Balaban J connectivity index is 1.32. The number of carbonyl (C=O) groups is 1. The van der Waals surface area contributed by atoms with Gasteiger partial charge in [-0.1, -0.05) is 60.7 Å². The lowest BCUT2D eigenvalue weighted by Gasteiger charge is -2.04. The molecule has 0 unspecified atom stereocenters. The molecule has 0 aliphatic heterocycles. The molecule has 0 fully saturated rings. The van der Waals surface area contributed by atoms with Crippen LogP contribution in [0.5, 0.6) is 0 Å². The van der Waals surface area contributed by atoms with E-state index in [1.807, 2.05) is 36.4 Å². The van der Waals surface area contributed by atoms with Gasteiger partial charge in [0.1, 0.15) is 0 Å². The SMILES string of the molecule is O=C(CCc1ncc(-c2ccccc2)o1)NCCCCc1ccccc1. The molecular formula is C22H24N2O2. The maximum atomic E-state index is 11.9. The van der Waals surface area contributed by atoms with Crippen LogP contribution >= 0.6 is 0 Å². The molecule has 0 spiro atoms. The smallest absolute Gasteiger partial charge is 0.220 e. The number of amides is 1. The second-order valence-corrected chi connectivity index (χ2v) is 6.28. The fourth-order valence-corrected chi connectivity index (χ4v) is 2.80. The van der Waals surface area contributed by atoms with E-state index in [1.165, 1.54) is 5.56 Å². The maximum Gasteiger partial charge on any atom is 0.220 e. The topological polar surface area (TPSA) is 55.1 Å². The summed E-state index contributed by atoms with van der Waals surface area (Å²) >= 11 is 0. The summed E-state index contributed by atoms with van der Waals surface area (Å²) in [7, 11) is 0. The summed E-state index contributed by atoms with van der Waals surface area (Å²) in [6.45, 7) is 0.715. The van der Waals surface area contributed by atoms with Crippen LogP contribution in [0.2, 0.25) is 0 Å². The Bertz CT molecular complexity index is 797. The van der Waals surface area contributed by atoms with Crippen LogP contribution in [0, 0.1) is 0 Å². The number of benzene rings is 2. The number of rotatable bonds is 9. The van der Waals surface area contributed by atoms with Gasteiger partial charge in [-0.15, -0.1) is 0 Å². The molecule has 1 amide bonds. The van der Waals surface area contributed by atoms with E-state index in [1.54, 1.807) is 6.20 Å². The highest BCUT2D eigenvalue weighted by molar-refractivity contribution is 5.76. The molecule has 134 valence electrons. The lowest BCUT2D eigenvalue weighted by molar-refractivity contribution is -0.121. The third-order valence-corrected chi connectivity index (χ3v) is 4.24. The Kier molecular flexibility index (Phi) is 6.59. The normalized spacial score (nSPS) is 10.6. The zero-order chi connectivity index (χ0) is 18.0.